The largest absolute Gasteiger partial charge is 0.356 e. The molecule has 6 nitrogen and oxygen atoms in total. The summed E-state index contributed by atoms with van der Waals surface area (Å²) in [5.41, 5.74) is 0.0879. The number of hydrogen-bond donors (Lipinski definition) is 1. The highest BCUT2D eigenvalue weighted by atomic mass is 16.1. The molecule has 0 radical (unpaired) electrons. The standard InChI is InChI=1S/C13H21N5O/c1-17(2)13(18-8-7-15-16-18)5-3-12(4-6-13)9-11(19)14-10-12/h7-8H,3-6,9-10H2,1-2H3,(H,14,19). The first-order valence-electron chi connectivity index (χ1n) is 6.87. The van der Waals surface area contributed by atoms with E-state index >= 15 is 0 Å². The van der Waals surface area contributed by atoms with Crippen molar-refractivity contribution in [2.45, 2.75) is 37.8 Å². The minimum atomic E-state index is -0.0899. The minimum Gasteiger partial charge on any atom is -0.356 e. The quantitative estimate of drug-likeness (QED) is 0.847. The van der Waals surface area contributed by atoms with Gasteiger partial charge in [-0.3, -0.25) is 9.69 Å². The van der Waals surface area contributed by atoms with Gasteiger partial charge in [-0.25, -0.2) is 4.68 Å². The van der Waals surface area contributed by atoms with Gasteiger partial charge in [-0.1, -0.05) is 5.21 Å². The Kier molecular flexibility index (Phi) is 2.85. The first kappa shape index (κ1) is 12.6. The Hall–Kier alpha value is -1.43. The van der Waals surface area contributed by atoms with Crippen LogP contribution in [-0.4, -0.2) is 46.4 Å². The Morgan fingerprint density at radius 2 is 2.05 bits per heavy atom. The Labute approximate surface area is 113 Å². The van der Waals surface area contributed by atoms with E-state index in [1.165, 1.54) is 0 Å². The van der Waals surface area contributed by atoms with E-state index in [0.29, 0.717) is 6.42 Å². The molecule has 1 aromatic heterocycles. The van der Waals surface area contributed by atoms with Gasteiger partial charge in [0.15, 0.2) is 0 Å². The number of carbonyl (C=O) groups excluding carboxylic acids is 1. The second kappa shape index (κ2) is 4.30. The van der Waals surface area contributed by atoms with Gasteiger partial charge in [0, 0.05) is 19.2 Å². The van der Waals surface area contributed by atoms with Crippen LogP contribution in [-0.2, 0) is 10.5 Å². The van der Waals surface area contributed by atoms with Crippen molar-refractivity contribution in [1.82, 2.24) is 25.2 Å². The lowest BCUT2D eigenvalue weighted by molar-refractivity contribution is -0.120. The summed E-state index contributed by atoms with van der Waals surface area (Å²) in [4.78, 5) is 13.7. The molecule has 0 unspecified atom stereocenters. The van der Waals surface area contributed by atoms with E-state index in [1.54, 1.807) is 6.20 Å². The summed E-state index contributed by atoms with van der Waals surface area (Å²) in [7, 11) is 4.19. The molecule has 0 bridgehead atoms. The van der Waals surface area contributed by atoms with Crippen molar-refractivity contribution >= 4 is 5.91 Å². The zero-order valence-electron chi connectivity index (χ0n) is 11.6. The molecule has 6 heteroatoms. The van der Waals surface area contributed by atoms with Crippen LogP contribution in [0.15, 0.2) is 12.4 Å². The maximum atomic E-state index is 11.5. The van der Waals surface area contributed by atoms with Crippen molar-refractivity contribution in [1.29, 1.82) is 0 Å². The van der Waals surface area contributed by atoms with Crippen molar-refractivity contribution < 1.29 is 4.79 Å². The average molecular weight is 263 g/mol. The monoisotopic (exact) mass is 263 g/mol. The summed E-state index contributed by atoms with van der Waals surface area (Å²) in [6.45, 7) is 0.840. The summed E-state index contributed by atoms with van der Waals surface area (Å²) >= 11 is 0. The van der Waals surface area contributed by atoms with Crippen LogP contribution in [0.1, 0.15) is 32.1 Å². The van der Waals surface area contributed by atoms with Crippen LogP contribution in [0.25, 0.3) is 0 Å². The molecule has 2 fully saturated rings. The summed E-state index contributed by atoms with van der Waals surface area (Å²) in [6.07, 6.45) is 8.50. The number of nitrogens with one attached hydrogen (secondary N) is 1. The normalized spacial score (nSPS) is 35.0. The Balaban J connectivity index is 1.82. The molecule has 1 N–H and O–H groups in total. The zero-order valence-corrected chi connectivity index (χ0v) is 11.6. The number of carbonyl (C=O) groups is 1. The first-order chi connectivity index (χ1) is 9.06. The van der Waals surface area contributed by atoms with Gasteiger partial charge in [0.25, 0.3) is 0 Å². The second-order valence-corrected chi connectivity index (χ2v) is 6.18. The van der Waals surface area contributed by atoms with E-state index in [9.17, 15) is 4.79 Å². The smallest absolute Gasteiger partial charge is 0.220 e. The van der Waals surface area contributed by atoms with E-state index in [4.69, 9.17) is 0 Å². The topological polar surface area (TPSA) is 63.1 Å². The van der Waals surface area contributed by atoms with Gasteiger partial charge in [0.2, 0.25) is 5.91 Å². The fourth-order valence-corrected chi connectivity index (χ4v) is 3.60. The third-order valence-electron chi connectivity index (χ3n) is 4.99. The van der Waals surface area contributed by atoms with Gasteiger partial charge < -0.3 is 5.32 Å². The molecule has 2 aliphatic rings. The molecule has 1 aromatic rings. The second-order valence-electron chi connectivity index (χ2n) is 6.18. The summed E-state index contributed by atoms with van der Waals surface area (Å²) in [5, 5.41) is 11.1. The Morgan fingerprint density at radius 3 is 2.53 bits per heavy atom. The summed E-state index contributed by atoms with van der Waals surface area (Å²) < 4.78 is 1.98. The fraction of sp³-hybridized carbons (Fsp3) is 0.769. The van der Waals surface area contributed by atoms with Crippen molar-refractivity contribution in [3.63, 3.8) is 0 Å². The molecule has 1 aliphatic heterocycles. The van der Waals surface area contributed by atoms with E-state index in [-0.39, 0.29) is 17.0 Å². The third-order valence-corrected chi connectivity index (χ3v) is 4.99. The molecular formula is C13H21N5O. The lowest BCUT2D eigenvalue weighted by atomic mass is 9.69. The lowest BCUT2D eigenvalue weighted by Gasteiger charge is -2.47. The van der Waals surface area contributed by atoms with Gasteiger partial charge in [-0.05, 0) is 45.2 Å². The highest BCUT2D eigenvalue weighted by Gasteiger charge is 2.48. The van der Waals surface area contributed by atoms with Gasteiger partial charge in [-0.2, -0.15) is 0 Å². The average Bonchev–Trinajstić information content (AvgIpc) is 3.02. The van der Waals surface area contributed by atoms with E-state index < -0.39 is 0 Å². The molecule has 1 amide bonds. The molecule has 3 rings (SSSR count). The molecule has 1 aliphatic carbocycles. The molecule has 1 saturated carbocycles. The predicted molar refractivity (Wildman–Crippen MR) is 70.2 cm³/mol. The Morgan fingerprint density at radius 1 is 1.32 bits per heavy atom. The van der Waals surface area contributed by atoms with Crippen LogP contribution in [0.2, 0.25) is 0 Å². The molecule has 2 heterocycles. The van der Waals surface area contributed by atoms with Gasteiger partial charge >= 0.3 is 0 Å². The summed E-state index contributed by atoms with van der Waals surface area (Å²) in [6, 6.07) is 0. The molecule has 0 atom stereocenters. The van der Waals surface area contributed by atoms with Crippen molar-refractivity contribution in [3.05, 3.63) is 12.4 Å². The number of hydrogen-bond acceptors (Lipinski definition) is 4. The maximum Gasteiger partial charge on any atom is 0.220 e. The first-order valence-corrected chi connectivity index (χ1v) is 6.87. The molecular weight excluding hydrogens is 242 g/mol. The third kappa shape index (κ3) is 1.94. The molecule has 104 valence electrons. The number of rotatable bonds is 2. The number of aromatic nitrogens is 3. The van der Waals surface area contributed by atoms with Gasteiger partial charge in [0.05, 0.1) is 6.20 Å². The SMILES string of the molecule is CN(C)C1(n2ccnn2)CCC2(CC1)CNC(=O)C2. The van der Waals surface area contributed by atoms with Crippen molar-refractivity contribution in [2.24, 2.45) is 5.41 Å². The number of nitrogens with zero attached hydrogens (tertiary/aromatic N) is 4. The zero-order chi connectivity index (χ0) is 13.5. The summed E-state index contributed by atoms with van der Waals surface area (Å²) in [5.74, 6) is 0.207. The fourth-order valence-electron chi connectivity index (χ4n) is 3.60. The Bertz CT molecular complexity index is 459. The lowest BCUT2D eigenvalue weighted by Crippen LogP contribution is -2.51. The molecule has 1 saturated heterocycles. The van der Waals surface area contributed by atoms with Crippen LogP contribution in [0.3, 0.4) is 0 Å². The van der Waals surface area contributed by atoms with Crippen LogP contribution >= 0.6 is 0 Å². The van der Waals surface area contributed by atoms with Crippen LogP contribution in [0.5, 0.6) is 0 Å². The van der Waals surface area contributed by atoms with E-state index in [1.807, 2.05) is 10.9 Å². The predicted octanol–water partition coefficient (Wildman–Crippen LogP) is 0.573. The van der Waals surface area contributed by atoms with Gasteiger partial charge in [0.1, 0.15) is 5.66 Å². The van der Waals surface area contributed by atoms with Crippen LogP contribution in [0, 0.1) is 5.41 Å². The van der Waals surface area contributed by atoms with E-state index in [0.717, 1.165) is 32.2 Å². The van der Waals surface area contributed by atoms with Crippen molar-refractivity contribution in [3.8, 4) is 0 Å². The molecule has 0 aromatic carbocycles. The number of amides is 1. The minimum absolute atomic E-state index is 0.0899. The highest BCUT2D eigenvalue weighted by Crippen LogP contribution is 2.48. The molecule has 1 spiro atoms. The van der Waals surface area contributed by atoms with Gasteiger partial charge in [-0.15, -0.1) is 5.10 Å². The van der Waals surface area contributed by atoms with Crippen molar-refractivity contribution in [2.75, 3.05) is 20.6 Å². The van der Waals surface area contributed by atoms with Crippen LogP contribution in [0.4, 0.5) is 0 Å². The molecule has 19 heavy (non-hydrogen) atoms. The van der Waals surface area contributed by atoms with Crippen LogP contribution < -0.4 is 5.32 Å². The maximum absolute atomic E-state index is 11.5. The van der Waals surface area contributed by atoms with E-state index in [2.05, 4.69) is 34.6 Å². The highest BCUT2D eigenvalue weighted by molar-refractivity contribution is 5.79.